The molecule has 0 aromatic heterocycles. The largest absolute Gasteiger partial charge is 0.486 e. The first-order valence-corrected chi connectivity index (χ1v) is 5.28. The fourth-order valence-corrected chi connectivity index (χ4v) is 1.52. The molecule has 0 spiro atoms. The monoisotopic (exact) mass is 232 g/mol. The van der Waals surface area contributed by atoms with Gasteiger partial charge < -0.3 is 19.6 Å². The first kappa shape index (κ1) is 11.3. The van der Waals surface area contributed by atoms with Crippen LogP contribution in [0.15, 0.2) is 24.3 Å². The summed E-state index contributed by atoms with van der Waals surface area (Å²) in [4.78, 5) is 14.1. The van der Waals surface area contributed by atoms with E-state index in [-0.39, 0.29) is 18.6 Å². The van der Waals surface area contributed by atoms with E-state index in [9.17, 15) is 4.79 Å². The number of hydrogen-bond donors (Lipinski definition) is 1. The average molecular weight is 232 g/mol. The molecule has 0 saturated carbocycles. The Morgan fingerprint density at radius 1 is 1.47 bits per heavy atom. The third kappa shape index (κ3) is 2.88. The maximum atomic E-state index is 11.1. The highest BCUT2D eigenvalue weighted by atomic mass is 16.6. The van der Waals surface area contributed by atoms with Gasteiger partial charge in [-0.15, -0.1) is 0 Å². The van der Waals surface area contributed by atoms with Crippen molar-refractivity contribution in [2.24, 2.45) is 0 Å². The van der Waals surface area contributed by atoms with Crippen molar-refractivity contribution in [2.75, 3.05) is 19.7 Å². The van der Waals surface area contributed by atoms with Gasteiger partial charge in [-0.1, -0.05) is 12.1 Å². The molecule has 0 radical (unpaired) electrons. The summed E-state index contributed by atoms with van der Waals surface area (Å²) < 4.78 is 11.1. The SMILES string of the molecule is [C-]#[N+]CC(=O)NCC1COc2ccccc2O1. The van der Waals surface area contributed by atoms with E-state index >= 15 is 0 Å². The van der Waals surface area contributed by atoms with Crippen LogP contribution in [-0.4, -0.2) is 31.7 Å². The Kier molecular flexibility index (Phi) is 3.46. The van der Waals surface area contributed by atoms with Gasteiger partial charge in [0, 0.05) is 0 Å². The minimum atomic E-state index is -0.289. The summed E-state index contributed by atoms with van der Waals surface area (Å²) in [5, 5.41) is 2.63. The molecule has 0 bridgehead atoms. The molecule has 1 amide bonds. The number of rotatable bonds is 3. The molecule has 1 aromatic carbocycles. The first-order valence-electron chi connectivity index (χ1n) is 5.28. The maximum Gasteiger partial charge on any atom is 0.300 e. The van der Waals surface area contributed by atoms with Crippen LogP contribution in [0.1, 0.15) is 0 Å². The Morgan fingerprint density at radius 2 is 2.24 bits per heavy atom. The molecule has 1 aliphatic heterocycles. The van der Waals surface area contributed by atoms with E-state index in [0.29, 0.717) is 18.9 Å². The lowest BCUT2D eigenvalue weighted by Gasteiger charge is -2.26. The lowest BCUT2D eigenvalue weighted by atomic mass is 10.2. The fraction of sp³-hybridized carbons (Fsp3) is 0.333. The van der Waals surface area contributed by atoms with Crippen LogP contribution in [0, 0.1) is 6.57 Å². The normalized spacial score (nSPS) is 17.0. The Labute approximate surface area is 99.2 Å². The summed E-state index contributed by atoms with van der Waals surface area (Å²) in [7, 11) is 0. The van der Waals surface area contributed by atoms with E-state index in [1.807, 2.05) is 24.3 Å². The number of fused-ring (bicyclic) bond motifs is 1. The summed E-state index contributed by atoms with van der Waals surface area (Å²) in [6.45, 7) is 7.16. The van der Waals surface area contributed by atoms with Crippen molar-refractivity contribution in [3.05, 3.63) is 35.7 Å². The second-order valence-corrected chi connectivity index (χ2v) is 3.62. The highest BCUT2D eigenvalue weighted by Crippen LogP contribution is 2.30. The zero-order chi connectivity index (χ0) is 12.1. The van der Waals surface area contributed by atoms with Crippen molar-refractivity contribution in [3.63, 3.8) is 0 Å². The van der Waals surface area contributed by atoms with E-state index in [1.165, 1.54) is 0 Å². The van der Waals surface area contributed by atoms with Gasteiger partial charge in [0.1, 0.15) is 12.7 Å². The number of benzene rings is 1. The topological polar surface area (TPSA) is 51.9 Å². The third-order valence-electron chi connectivity index (χ3n) is 2.32. The summed E-state index contributed by atoms with van der Waals surface area (Å²) in [5.41, 5.74) is 0. The molecule has 5 nitrogen and oxygen atoms in total. The summed E-state index contributed by atoms with van der Waals surface area (Å²) in [6.07, 6.45) is -0.209. The van der Waals surface area contributed by atoms with Crippen LogP contribution < -0.4 is 14.8 Å². The van der Waals surface area contributed by atoms with Gasteiger partial charge in [-0.25, -0.2) is 6.57 Å². The van der Waals surface area contributed by atoms with Crippen LogP contribution in [0.2, 0.25) is 0 Å². The Morgan fingerprint density at radius 3 is 3.00 bits per heavy atom. The molecule has 88 valence electrons. The van der Waals surface area contributed by atoms with Gasteiger partial charge in [0.25, 0.3) is 12.5 Å². The van der Waals surface area contributed by atoms with Crippen molar-refractivity contribution >= 4 is 5.91 Å². The highest BCUT2D eigenvalue weighted by Gasteiger charge is 2.21. The summed E-state index contributed by atoms with van der Waals surface area (Å²) in [5.74, 6) is 1.11. The number of carbonyl (C=O) groups is 1. The van der Waals surface area contributed by atoms with Crippen molar-refractivity contribution in [2.45, 2.75) is 6.10 Å². The molecule has 1 unspecified atom stereocenters. The standard InChI is InChI=1S/C12H12N2O3/c1-13-7-12(15)14-6-9-8-16-10-4-2-3-5-11(10)17-9/h2-5,9H,6-8H2,(H,14,15). The predicted octanol–water partition coefficient (Wildman–Crippen LogP) is 0.862. The smallest absolute Gasteiger partial charge is 0.300 e. The third-order valence-corrected chi connectivity index (χ3v) is 2.32. The lowest BCUT2D eigenvalue weighted by molar-refractivity contribution is -0.119. The van der Waals surface area contributed by atoms with E-state index in [4.69, 9.17) is 16.0 Å². The Bertz CT molecular complexity index is 453. The van der Waals surface area contributed by atoms with E-state index < -0.39 is 0 Å². The van der Waals surface area contributed by atoms with Gasteiger partial charge in [0.2, 0.25) is 0 Å². The Balaban J connectivity index is 1.86. The van der Waals surface area contributed by atoms with Crippen LogP contribution in [0.4, 0.5) is 0 Å². The van der Waals surface area contributed by atoms with E-state index in [2.05, 4.69) is 10.2 Å². The number of amides is 1. The molecule has 1 N–H and O–H groups in total. The van der Waals surface area contributed by atoms with Crippen molar-refractivity contribution < 1.29 is 14.3 Å². The minimum Gasteiger partial charge on any atom is -0.486 e. The predicted molar refractivity (Wildman–Crippen MR) is 60.8 cm³/mol. The molecule has 1 atom stereocenters. The van der Waals surface area contributed by atoms with E-state index in [1.54, 1.807) is 0 Å². The molecule has 1 aromatic rings. The second-order valence-electron chi connectivity index (χ2n) is 3.62. The number of nitrogens with zero attached hydrogens (tertiary/aromatic N) is 1. The summed E-state index contributed by atoms with van der Waals surface area (Å²) in [6, 6.07) is 7.40. The quantitative estimate of drug-likeness (QED) is 0.786. The second kappa shape index (κ2) is 5.21. The van der Waals surface area contributed by atoms with Crippen LogP contribution in [-0.2, 0) is 4.79 Å². The van der Waals surface area contributed by atoms with Crippen LogP contribution in [0.25, 0.3) is 4.85 Å². The molecular formula is C12H12N2O3. The zero-order valence-corrected chi connectivity index (χ0v) is 9.18. The zero-order valence-electron chi connectivity index (χ0n) is 9.18. The van der Waals surface area contributed by atoms with Gasteiger partial charge in [0.05, 0.1) is 6.54 Å². The van der Waals surface area contributed by atoms with Crippen LogP contribution in [0.5, 0.6) is 11.5 Å². The molecule has 2 rings (SSSR count). The van der Waals surface area contributed by atoms with Gasteiger partial charge >= 0.3 is 0 Å². The first-order chi connectivity index (χ1) is 8.29. The number of nitrogens with one attached hydrogen (secondary N) is 1. The fourth-order valence-electron chi connectivity index (χ4n) is 1.52. The number of hydrogen-bond acceptors (Lipinski definition) is 3. The average Bonchev–Trinajstić information content (AvgIpc) is 2.36. The van der Waals surface area contributed by atoms with Crippen LogP contribution >= 0.6 is 0 Å². The van der Waals surface area contributed by atoms with Gasteiger partial charge in [-0.3, -0.25) is 4.79 Å². The van der Waals surface area contributed by atoms with Gasteiger partial charge in [0.15, 0.2) is 11.5 Å². The van der Waals surface area contributed by atoms with Gasteiger partial charge in [-0.05, 0) is 12.1 Å². The van der Waals surface area contributed by atoms with Crippen LogP contribution in [0.3, 0.4) is 0 Å². The number of para-hydroxylation sites is 2. The lowest BCUT2D eigenvalue weighted by Crippen LogP contribution is -2.41. The van der Waals surface area contributed by atoms with Crippen molar-refractivity contribution in [1.82, 2.24) is 5.32 Å². The molecule has 17 heavy (non-hydrogen) atoms. The molecular weight excluding hydrogens is 220 g/mol. The molecule has 1 heterocycles. The molecule has 5 heteroatoms. The molecule has 0 fully saturated rings. The number of ether oxygens (including phenoxy) is 2. The molecule has 0 aliphatic carbocycles. The Hall–Kier alpha value is -2.22. The highest BCUT2D eigenvalue weighted by molar-refractivity contribution is 5.79. The van der Waals surface area contributed by atoms with Crippen molar-refractivity contribution in [1.29, 1.82) is 0 Å². The van der Waals surface area contributed by atoms with Crippen molar-refractivity contribution in [3.8, 4) is 11.5 Å². The molecule has 0 saturated heterocycles. The van der Waals surface area contributed by atoms with E-state index in [0.717, 1.165) is 5.75 Å². The minimum absolute atomic E-state index is 0.149. The molecule has 1 aliphatic rings. The number of carbonyl (C=O) groups excluding carboxylic acids is 1. The maximum absolute atomic E-state index is 11.1. The van der Waals surface area contributed by atoms with Gasteiger partial charge in [-0.2, -0.15) is 0 Å². The summed E-state index contributed by atoms with van der Waals surface area (Å²) >= 11 is 0.